The average molecular weight is 424 g/mol. The molecule has 3 aromatic rings. The van der Waals surface area contributed by atoms with Gasteiger partial charge in [0, 0.05) is 28.1 Å². The number of thiazole rings is 1. The van der Waals surface area contributed by atoms with Gasteiger partial charge in [0.1, 0.15) is 5.75 Å². The molecule has 1 N–H and O–H groups in total. The minimum atomic E-state index is -0.474. The molecular formula is C17H11Cl2N3O4S. The Morgan fingerprint density at radius 1 is 1.26 bits per heavy atom. The molecule has 7 nitrogen and oxygen atoms in total. The third-order valence-electron chi connectivity index (χ3n) is 3.36. The van der Waals surface area contributed by atoms with Crippen molar-refractivity contribution >= 4 is 51.3 Å². The van der Waals surface area contributed by atoms with Gasteiger partial charge in [0.05, 0.1) is 15.6 Å². The van der Waals surface area contributed by atoms with E-state index in [0.717, 1.165) is 0 Å². The quantitative estimate of drug-likeness (QED) is 0.442. The summed E-state index contributed by atoms with van der Waals surface area (Å²) in [6, 6.07) is 10.8. The van der Waals surface area contributed by atoms with Crippen LogP contribution in [0.15, 0.2) is 47.8 Å². The first-order chi connectivity index (χ1) is 12.9. The Morgan fingerprint density at radius 3 is 2.81 bits per heavy atom. The van der Waals surface area contributed by atoms with E-state index in [1.165, 1.54) is 29.5 Å². The smallest absolute Gasteiger partial charge is 0.270 e. The number of nitrogens with zero attached hydrogens (tertiary/aromatic N) is 2. The van der Waals surface area contributed by atoms with Crippen molar-refractivity contribution in [2.24, 2.45) is 0 Å². The van der Waals surface area contributed by atoms with Gasteiger partial charge in [-0.15, -0.1) is 11.3 Å². The lowest BCUT2D eigenvalue weighted by Crippen LogP contribution is -2.20. The highest BCUT2D eigenvalue weighted by Crippen LogP contribution is 2.29. The second kappa shape index (κ2) is 8.34. The molecule has 0 radical (unpaired) electrons. The van der Waals surface area contributed by atoms with Crippen LogP contribution < -0.4 is 10.1 Å². The number of rotatable bonds is 6. The SMILES string of the molecule is O=C(COc1ccc(Cl)cc1Cl)Nc1nc(-c2cccc([N+](=O)[O-])c2)cs1. The first kappa shape index (κ1) is 19.1. The summed E-state index contributed by atoms with van der Waals surface area (Å²) in [6.07, 6.45) is 0. The number of carbonyl (C=O) groups is 1. The number of benzene rings is 2. The average Bonchev–Trinajstić information content (AvgIpc) is 3.09. The maximum atomic E-state index is 12.0. The van der Waals surface area contributed by atoms with E-state index in [1.807, 2.05) is 0 Å². The fourth-order valence-corrected chi connectivity index (χ4v) is 3.33. The third kappa shape index (κ3) is 4.94. The molecule has 10 heteroatoms. The van der Waals surface area contributed by atoms with E-state index < -0.39 is 10.8 Å². The number of carbonyl (C=O) groups excluding carboxylic acids is 1. The molecule has 0 unspecified atom stereocenters. The van der Waals surface area contributed by atoms with Crippen molar-refractivity contribution in [3.8, 4) is 17.0 Å². The normalized spacial score (nSPS) is 10.4. The number of non-ortho nitro benzene ring substituents is 1. The topological polar surface area (TPSA) is 94.4 Å². The summed E-state index contributed by atoms with van der Waals surface area (Å²) in [5, 5.41) is 16.3. The lowest BCUT2D eigenvalue weighted by atomic mass is 10.1. The number of aromatic nitrogens is 1. The van der Waals surface area contributed by atoms with E-state index in [9.17, 15) is 14.9 Å². The molecule has 1 amide bonds. The highest BCUT2D eigenvalue weighted by atomic mass is 35.5. The highest BCUT2D eigenvalue weighted by Gasteiger charge is 2.12. The van der Waals surface area contributed by atoms with Gasteiger partial charge in [-0.1, -0.05) is 35.3 Å². The second-order valence-electron chi connectivity index (χ2n) is 5.26. The van der Waals surface area contributed by atoms with Gasteiger partial charge >= 0.3 is 0 Å². The van der Waals surface area contributed by atoms with E-state index >= 15 is 0 Å². The minimum absolute atomic E-state index is 0.0284. The molecule has 3 rings (SSSR count). The lowest BCUT2D eigenvalue weighted by molar-refractivity contribution is -0.384. The maximum absolute atomic E-state index is 12.0. The molecular weight excluding hydrogens is 413 g/mol. The molecule has 0 bridgehead atoms. The Bertz CT molecular complexity index is 1010. The molecule has 0 aliphatic carbocycles. The van der Waals surface area contributed by atoms with Gasteiger partial charge in [-0.2, -0.15) is 0 Å². The number of nitro benzene ring substituents is 1. The van der Waals surface area contributed by atoms with Gasteiger partial charge in [0.25, 0.3) is 11.6 Å². The van der Waals surface area contributed by atoms with Crippen LogP contribution in [0.3, 0.4) is 0 Å². The summed E-state index contributed by atoms with van der Waals surface area (Å²) in [5.41, 5.74) is 1.09. The standard InChI is InChI=1S/C17H11Cl2N3O4S/c18-11-4-5-15(13(19)7-11)26-8-16(23)21-17-20-14(9-27-17)10-2-1-3-12(6-10)22(24)25/h1-7,9H,8H2,(H,20,21,23). The highest BCUT2D eigenvalue weighted by molar-refractivity contribution is 7.14. The van der Waals surface area contributed by atoms with Crippen LogP contribution in [-0.4, -0.2) is 22.4 Å². The summed E-state index contributed by atoms with van der Waals surface area (Å²) in [5.74, 6) is -0.0754. The number of nitrogens with one attached hydrogen (secondary N) is 1. The van der Waals surface area contributed by atoms with Crippen molar-refractivity contribution in [3.05, 3.63) is 68.0 Å². The predicted octanol–water partition coefficient (Wildman–Crippen LogP) is 5.04. The molecule has 0 saturated carbocycles. The lowest BCUT2D eigenvalue weighted by Gasteiger charge is -2.07. The van der Waals surface area contributed by atoms with Gasteiger partial charge in [0.15, 0.2) is 11.7 Å². The molecule has 0 aliphatic rings. The number of ether oxygens (including phenoxy) is 1. The number of anilines is 1. The third-order valence-corrected chi connectivity index (χ3v) is 4.64. The van der Waals surface area contributed by atoms with Gasteiger partial charge in [-0.25, -0.2) is 4.98 Å². The molecule has 0 saturated heterocycles. The molecule has 138 valence electrons. The van der Waals surface area contributed by atoms with Gasteiger partial charge in [-0.05, 0) is 18.2 Å². The summed E-state index contributed by atoms with van der Waals surface area (Å²) >= 11 is 13.0. The van der Waals surface area contributed by atoms with Gasteiger partial charge in [0.2, 0.25) is 0 Å². The Balaban J connectivity index is 1.62. The molecule has 0 aliphatic heterocycles. The number of amides is 1. The zero-order valence-electron chi connectivity index (χ0n) is 13.5. The van der Waals surface area contributed by atoms with Crippen molar-refractivity contribution in [1.29, 1.82) is 0 Å². The predicted molar refractivity (Wildman–Crippen MR) is 105 cm³/mol. The molecule has 1 aromatic heterocycles. The number of hydrogen-bond acceptors (Lipinski definition) is 6. The van der Waals surface area contributed by atoms with E-state index in [-0.39, 0.29) is 12.3 Å². The summed E-state index contributed by atoms with van der Waals surface area (Å²) < 4.78 is 5.36. The van der Waals surface area contributed by atoms with Gasteiger partial charge < -0.3 is 4.74 Å². The molecule has 0 spiro atoms. The van der Waals surface area contributed by atoms with E-state index in [4.69, 9.17) is 27.9 Å². The van der Waals surface area contributed by atoms with Crippen LogP contribution in [0.1, 0.15) is 0 Å². The van der Waals surface area contributed by atoms with Crippen LogP contribution in [0.25, 0.3) is 11.3 Å². The Kier molecular flexibility index (Phi) is 5.90. The van der Waals surface area contributed by atoms with Crippen molar-refractivity contribution < 1.29 is 14.5 Å². The van der Waals surface area contributed by atoms with Crippen LogP contribution in [0.4, 0.5) is 10.8 Å². The number of halogens is 2. The van der Waals surface area contributed by atoms with Crippen LogP contribution in [0, 0.1) is 10.1 Å². The van der Waals surface area contributed by atoms with E-state index in [0.29, 0.717) is 32.2 Å². The van der Waals surface area contributed by atoms with E-state index in [1.54, 1.807) is 29.6 Å². The zero-order valence-corrected chi connectivity index (χ0v) is 15.8. The van der Waals surface area contributed by atoms with E-state index in [2.05, 4.69) is 10.3 Å². The first-order valence-electron chi connectivity index (χ1n) is 7.50. The molecule has 0 atom stereocenters. The van der Waals surface area contributed by atoms with Crippen molar-refractivity contribution in [2.45, 2.75) is 0 Å². The Morgan fingerprint density at radius 2 is 2.07 bits per heavy atom. The fraction of sp³-hybridized carbons (Fsp3) is 0.0588. The van der Waals surface area contributed by atoms with Gasteiger partial charge in [-0.3, -0.25) is 20.2 Å². The molecule has 27 heavy (non-hydrogen) atoms. The molecule has 1 heterocycles. The van der Waals surface area contributed by atoms with Crippen molar-refractivity contribution in [2.75, 3.05) is 11.9 Å². The monoisotopic (exact) mass is 423 g/mol. The Labute approximate surface area is 167 Å². The second-order valence-corrected chi connectivity index (χ2v) is 6.96. The number of hydrogen-bond donors (Lipinski definition) is 1. The summed E-state index contributed by atoms with van der Waals surface area (Å²) in [7, 11) is 0. The van der Waals surface area contributed by atoms with Crippen LogP contribution in [0.2, 0.25) is 10.0 Å². The fourth-order valence-electron chi connectivity index (χ4n) is 2.13. The summed E-state index contributed by atoms with van der Waals surface area (Å²) in [6.45, 7) is -0.257. The van der Waals surface area contributed by atoms with Crippen LogP contribution >= 0.6 is 34.5 Å². The van der Waals surface area contributed by atoms with Crippen molar-refractivity contribution in [1.82, 2.24) is 4.98 Å². The largest absolute Gasteiger partial charge is 0.482 e. The molecule has 0 fully saturated rings. The molecule has 2 aromatic carbocycles. The van der Waals surface area contributed by atoms with Crippen LogP contribution in [-0.2, 0) is 4.79 Å². The number of nitro groups is 1. The zero-order chi connectivity index (χ0) is 19.4. The minimum Gasteiger partial charge on any atom is -0.482 e. The van der Waals surface area contributed by atoms with Crippen LogP contribution in [0.5, 0.6) is 5.75 Å². The maximum Gasteiger partial charge on any atom is 0.270 e. The first-order valence-corrected chi connectivity index (χ1v) is 9.14. The summed E-state index contributed by atoms with van der Waals surface area (Å²) in [4.78, 5) is 26.7. The Hall–Kier alpha value is -2.68. The van der Waals surface area contributed by atoms with Crippen molar-refractivity contribution in [3.63, 3.8) is 0 Å².